The van der Waals surface area contributed by atoms with Gasteiger partial charge in [-0.2, -0.15) is 0 Å². The first-order valence-corrected chi connectivity index (χ1v) is 18.8. The van der Waals surface area contributed by atoms with Crippen LogP contribution in [0.3, 0.4) is 0 Å². The molecule has 2 atom stereocenters. The molecule has 0 bridgehead atoms. The largest absolute Gasteiger partial charge is 0.493 e. The highest BCUT2D eigenvalue weighted by Crippen LogP contribution is 2.57. The van der Waals surface area contributed by atoms with Crippen molar-refractivity contribution in [1.82, 2.24) is 0 Å². The van der Waals surface area contributed by atoms with Crippen LogP contribution in [0.4, 0.5) is 0 Å². The molecule has 1 aliphatic carbocycles. The van der Waals surface area contributed by atoms with Crippen LogP contribution < -0.4 is 9.47 Å². The predicted octanol–water partition coefficient (Wildman–Crippen LogP) is 13.0. The van der Waals surface area contributed by atoms with E-state index in [2.05, 4.69) is 144 Å². The van der Waals surface area contributed by atoms with Crippen molar-refractivity contribution >= 4 is 53.4 Å². The third-order valence-corrected chi connectivity index (χ3v) is 11.0. The fourth-order valence-electron chi connectivity index (χ4n) is 7.52. The highest BCUT2D eigenvalue weighted by molar-refractivity contribution is 9.10. The van der Waals surface area contributed by atoms with E-state index in [9.17, 15) is 0 Å². The van der Waals surface area contributed by atoms with Crippen LogP contribution in [-0.4, -0.2) is 13.2 Å². The topological polar surface area (TPSA) is 18.5 Å². The van der Waals surface area contributed by atoms with Gasteiger partial charge in [0.2, 0.25) is 0 Å². The zero-order valence-electron chi connectivity index (χ0n) is 27.7. The van der Waals surface area contributed by atoms with Crippen LogP contribution in [0.25, 0.3) is 21.5 Å². The van der Waals surface area contributed by atoms with Crippen LogP contribution in [0.5, 0.6) is 11.5 Å². The van der Waals surface area contributed by atoms with Crippen molar-refractivity contribution in [1.29, 1.82) is 0 Å². The van der Waals surface area contributed by atoms with Gasteiger partial charge in [-0.15, -0.1) is 0 Å². The van der Waals surface area contributed by atoms with Crippen molar-refractivity contribution in [2.45, 2.75) is 78.1 Å². The molecule has 0 saturated carbocycles. The summed E-state index contributed by atoms with van der Waals surface area (Å²) in [5, 5.41) is 5.16. The Kier molecular flexibility index (Phi) is 10.4. The number of benzene rings is 5. The van der Waals surface area contributed by atoms with Crippen molar-refractivity contribution < 1.29 is 9.47 Å². The number of hydrogen-bond acceptors (Lipinski definition) is 2. The van der Waals surface area contributed by atoms with Gasteiger partial charge < -0.3 is 9.47 Å². The SMILES string of the molecule is CCCCC(CC)COc1ccc(C2(c3ccc(OCC(CC)CCC)cc3)c3cc(Br)cc4ccc5cc(Br)cc2c5c34)cc1. The molecule has 240 valence electrons. The Labute approximate surface area is 292 Å². The van der Waals surface area contributed by atoms with Gasteiger partial charge in [0, 0.05) is 8.95 Å². The first-order valence-electron chi connectivity index (χ1n) is 17.3. The molecule has 5 aromatic carbocycles. The Morgan fingerprint density at radius 2 is 1.02 bits per heavy atom. The van der Waals surface area contributed by atoms with E-state index in [4.69, 9.17) is 9.47 Å². The summed E-state index contributed by atoms with van der Waals surface area (Å²) in [6.07, 6.45) is 8.39. The summed E-state index contributed by atoms with van der Waals surface area (Å²) in [7, 11) is 0. The van der Waals surface area contributed by atoms with Crippen LogP contribution in [0, 0.1) is 11.8 Å². The average Bonchev–Trinajstić information content (AvgIpc) is 3.36. The summed E-state index contributed by atoms with van der Waals surface area (Å²) in [5.74, 6) is 3.05. The smallest absolute Gasteiger partial charge is 0.119 e. The second-order valence-corrected chi connectivity index (χ2v) is 14.9. The zero-order valence-corrected chi connectivity index (χ0v) is 30.8. The summed E-state index contributed by atoms with van der Waals surface area (Å²) in [5.41, 5.74) is 4.56. The standard InChI is InChI=1S/C42H46Br2O2/c1-5-9-11-29(8-4)27-46-37-20-16-33(17-21-37)42(32-14-18-36(19-15-32)45-26-28(7-3)10-6-2)38-24-34(43)22-30-12-13-31-23-35(44)25-39(42)41(31)40(30)38/h12-25,28-29H,5-11,26-27H2,1-4H3. The van der Waals surface area contributed by atoms with Gasteiger partial charge in [0.1, 0.15) is 11.5 Å². The lowest BCUT2D eigenvalue weighted by Gasteiger charge is -2.34. The fraction of sp³-hybridized carbons (Fsp3) is 0.381. The van der Waals surface area contributed by atoms with Gasteiger partial charge in [0.05, 0.1) is 18.6 Å². The zero-order chi connectivity index (χ0) is 32.3. The molecule has 0 amide bonds. The molecule has 0 spiro atoms. The molecule has 0 aliphatic heterocycles. The highest BCUT2D eigenvalue weighted by atomic mass is 79.9. The van der Waals surface area contributed by atoms with Gasteiger partial charge >= 0.3 is 0 Å². The van der Waals surface area contributed by atoms with Crippen molar-refractivity contribution in [2.75, 3.05) is 13.2 Å². The number of halogens is 2. The molecule has 1 aliphatic rings. The molecule has 0 N–H and O–H groups in total. The second-order valence-electron chi connectivity index (χ2n) is 13.1. The van der Waals surface area contributed by atoms with Gasteiger partial charge in [-0.1, -0.05) is 128 Å². The van der Waals surface area contributed by atoms with Gasteiger partial charge in [-0.05, 0) is 117 Å². The lowest BCUT2D eigenvalue weighted by atomic mass is 9.67. The van der Waals surface area contributed by atoms with Crippen molar-refractivity contribution in [3.8, 4) is 11.5 Å². The third kappa shape index (κ3) is 6.24. The van der Waals surface area contributed by atoms with Gasteiger partial charge in [-0.3, -0.25) is 0 Å². The number of hydrogen-bond donors (Lipinski definition) is 0. The summed E-state index contributed by atoms with van der Waals surface area (Å²) >= 11 is 7.77. The van der Waals surface area contributed by atoms with E-state index < -0.39 is 5.41 Å². The highest BCUT2D eigenvalue weighted by Gasteiger charge is 2.45. The Bertz CT molecular complexity index is 1720. The number of unbranched alkanes of at least 4 members (excludes halogenated alkanes) is 1. The van der Waals surface area contributed by atoms with Gasteiger partial charge in [0.15, 0.2) is 0 Å². The van der Waals surface area contributed by atoms with E-state index in [0.29, 0.717) is 11.8 Å². The van der Waals surface area contributed by atoms with Crippen molar-refractivity contribution in [3.05, 3.63) is 116 Å². The van der Waals surface area contributed by atoms with Crippen LogP contribution in [0.15, 0.2) is 93.9 Å². The molecule has 0 aromatic heterocycles. The van der Waals surface area contributed by atoms with E-state index in [1.165, 1.54) is 75.9 Å². The Morgan fingerprint density at radius 1 is 0.565 bits per heavy atom. The van der Waals surface area contributed by atoms with Gasteiger partial charge in [-0.25, -0.2) is 0 Å². The fourth-order valence-corrected chi connectivity index (χ4v) is 8.47. The molecule has 6 rings (SSSR count). The van der Waals surface area contributed by atoms with Crippen LogP contribution in [0.1, 0.15) is 94.9 Å². The van der Waals surface area contributed by atoms with E-state index in [-0.39, 0.29) is 0 Å². The molecule has 46 heavy (non-hydrogen) atoms. The molecule has 2 unspecified atom stereocenters. The summed E-state index contributed by atoms with van der Waals surface area (Å²) < 4.78 is 14.9. The normalized spacial score (nSPS) is 14.7. The van der Waals surface area contributed by atoms with Crippen LogP contribution in [0.2, 0.25) is 0 Å². The molecule has 0 radical (unpaired) electrons. The monoisotopic (exact) mass is 740 g/mol. The molecule has 4 heteroatoms. The van der Waals surface area contributed by atoms with E-state index in [1.54, 1.807) is 0 Å². The van der Waals surface area contributed by atoms with E-state index >= 15 is 0 Å². The average molecular weight is 743 g/mol. The minimum atomic E-state index is -0.508. The maximum absolute atomic E-state index is 6.38. The molecule has 2 nitrogen and oxygen atoms in total. The molecule has 0 heterocycles. The summed E-state index contributed by atoms with van der Waals surface area (Å²) in [6.45, 7) is 10.6. The van der Waals surface area contributed by atoms with E-state index in [0.717, 1.165) is 46.5 Å². The van der Waals surface area contributed by atoms with Crippen LogP contribution in [-0.2, 0) is 5.41 Å². The van der Waals surface area contributed by atoms with E-state index in [1.807, 2.05) is 0 Å². The Hall–Kier alpha value is -2.82. The van der Waals surface area contributed by atoms with Crippen molar-refractivity contribution in [2.24, 2.45) is 11.8 Å². The number of rotatable bonds is 15. The Balaban J connectivity index is 1.46. The lowest BCUT2D eigenvalue weighted by molar-refractivity contribution is 0.233. The molecular weight excluding hydrogens is 696 g/mol. The minimum absolute atomic E-state index is 0.508. The van der Waals surface area contributed by atoms with Crippen LogP contribution >= 0.6 is 31.9 Å². The molecule has 5 aromatic rings. The second kappa shape index (κ2) is 14.5. The third-order valence-electron chi connectivity index (χ3n) is 10.1. The maximum atomic E-state index is 6.38. The quantitative estimate of drug-likeness (QED) is 0.0976. The Morgan fingerprint density at radius 3 is 1.43 bits per heavy atom. The minimum Gasteiger partial charge on any atom is -0.493 e. The number of ether oxygens (including phenoxy) is 2. The van der Waals surface area contributed by atoms with Crippen molar-refractivity contribution in [3.63, 3.8) is 0 Å². The maximum Gasteiger partial charge on any atom is 0.119 e. The summed E-state index contributed by atoms with van der Waals surface area (Å²) in [6, 6.07) is 31.5. The molecule has 0 fully saturated rings. The first kappa shape index (κ1) is 33.1. The van der Waals surface area contributed by atoms with Gasteiger partial charge in [0.25, 0.3) is 0 Å². The summed E-state index contributed by atoms with van der Waals surface area (Å²) in [4.78, 5) is 0. The molecular formula is C42H46Br2O2. The predicted molar refractivity (Wildman–Crippen MR) is 202 cm³/mol. The lowest BCUT2D eigenvalue weighted by Crippen LogP contribution is -2.29. The first-order chi connectivity index (χ1) is 22.4. The molecule has 0 saturated heterocycles.